The van der Waals surface area contributed by atoms with E-state index in [1.165, 1.54) is 36.1 Å². The predicted octanol–water partition coefficient (Wildman–Crippen LogP) is 3.10. The molecule has 0 atom stereocenters. The number of carbonyl (C=O) groups excluding carboxylic acids is 2. The van der Waals surface area contributed by atoms with E-state index in [-0.39, 0.29) is 11.8 Å². The molecule has 4 nitrogen and oxygen atoms in total. The molecule has 1 saturated heterocycles. The number of nitrogens with zero attached hydrogens (tertiary/aromatic N) is 2. The van der Waals surface area contributed by atoms with Crippen LogP contribution in [0.15, 0.2) is 6.07 Å². The lowest BCUT2D eigenvalue weighted by Crippen LogP contribution is -2.50. The smallest absolute Gasteiger partial charge is 0.264 e. The average molecular weight is 346 g/mol. The SMILES string of the molecule is O=C(c1cc2c(s1)CCCCCC2)N1CCN(C(=O)C2CC2)CC1. The van der Waals surface area contributed by atoms with Crippen molar-refractivity contribution in [1.29, 1.82) is 0 Å². The Kier molecular flexibility index (Phi) is 4.61. The van der Waals surface area contributed by atoms with E-state index >= 15 is 0 Å². The first-order valence-electron chi connectivity index (χ1n) is 9.42. The fraction of sp³-hybridized carbons (Fsp3) is 0.684. The van der Waals surface area contributed by atoms with Gasteiger partial charge < -0.3 is 9.80 Å². The second kappa shape index (κ2) is 6.87. The highest BCUT2D eigenvalue weighted by atomic mass is 32.1. The van der Waals surface area contributed by atoms with Crippen molar-refractivity contribution in [2.24, 2.45) is 5.92 Å². The van der Waals surface area contributed by atoms with Crippen LogP contribution in [-0.4, -0.2) is 47.8 Å². The van der Waals surface area contributed by atoms with Crippen LogP contribution in [0.25, 0.3) is 0 Å². The molecule has 2 heterocycles. The van der Waals surface area contributed by atoms with Crippen molar-refractivity contribution in [3.05, 3.63) is 21.4 Å². The van der Waals surface area contributed by atoms with Gasteiger partial charge in [0.1, 0.15) is 0 Å². The van der Waals surface area contributed by atoms with Crippen LogP contribution < -0.4 is 0 Å². The number of thiophene rings is 1. The van der Waals surface area contributed by atoms with Crippen molar-refractivity contribution >= 4 is 23.2 Å². The van der Waals surface area contributed by atoms with Gasteiger partial charge in [-0.1, -0.05) is 12.8 Å². The summed E-state index contributed by atoms with van der Waals surface area (Å²) in [5.74, 6) is 0.760. The Hall–Kier alpha value is -1.36. The van der Waals surface area contributed by atoms with Crippen LogP contribution in [0.5, 0.6) is 0 Å². The summed E-state index contributed by atoms with van der Waals surface area (Å²) in [5, 5.41) is 0. The van der Waals surface area contributed by atoms with E-state index in [2.05, 4.69) is 6.07 Å². The largest absolute Gasteiger partial charge is 0.339 e. The molecule has 5 heteroatoms. The summed E-state index contributed by atoms with van der Waals surface area (Å²) in [6, 6.07) is 2.15. The van der Waals surface area contributed by atoms with Crippen LogP contribution in [-0.2, 0) is 17.6 Å². The zero-order valence-corrected chi connectivity index (χ0v) is 15.1. The minimum atomic E-state index is 0.172. The second-order valence-corrected chi connectivity index (χ2v) is 8.50. The third kappa shape index (κ3) is 3.37. The molecule has 1 aromatic heterocycles. The quantitative estimate of drug-likeness (QED) is 0.826. The van der Waals surface area contributed by atoms with Crippen LogP contribution in [0.3, 0.4) is 0 Å². The molecule has 3 aliphatic rings. The van der Waals surface area contributed by atoms with E-state index in [0.717, 1.165) is 30.6 Å². The van der Waals surface area contributed by atoms with Crippen LogP contribution in [0.4, 0.5) is 0 Å². The van der Waals surface area contributed by atoms with Gasteiger partial charge in [0.15, 0.2) is 0 Å². The number of carbonyl (C=O) groups is 2. The lowest BCUT2D eigenvalue weighted by atomic mass is 10.00. The van der Waals surface area contributed by atoms with E-state index in [1.807, 2.05) is 9.80 Å². The van der Waals surface area contributed by atoms with E-state index < -0.39 is 0 Å². The summed E-state index contributed by atoms with van der Waals surface area (Å²) in [5.41, 5.74) is 1.41. The lowest BCUT2D eigenvalue weighted by molar-refractivity contribution is -0.134. The molecule has 4 rings (SSSR count). The second-order valence-electron chi connectivity index (χ2n) is 7.37. The molecule has 1 saturated carbocycles. The molecule has 1 aromatic rings. The molecular weight excluding hydrogens is 320 g/mol. The molecule has 130 valence electrons. The Balaban J connectivity index is 1.39. The van der Waals surface area contributed by atoms with Gasteiger partial charge in [-0.2, -0.15) is 0 Å². The third-order valence-corrected chi connectivity index (χ3v) is 6.74. The monoisotopic (exact) mass is 346 g/mol. The standard InChI is InChI=1S/C19H26N2O2S/c22-18(14-7-8-14)20-9-11-21(12-10-20)19(23)17-13-15-5-3-1-2-4-6-16(15)24-17/h13-14H,1-12H2. The fourth-order valence-corrected chi connectivity index (χ4v) is 5.05. The van der Waals surface area contributed by atoms with Gasteiger partial charge >= 0.3 is 0 Å². The molecule has 0 spiro atoms. The molecule has 2 amide bonds. The maximum atomic E-state index is 12.8. The number of piperazine rings is 1. The maximum Gasteiger partial charge on any atom is 0.264 e. The molecule has 0 radical (unpaired) electrons. The molecule has 1 aliphatic heterocycles. The first-order chi connectivity index (χ1) is 11.7. The predicted molar refractivity (Wildman–Crippen MR) is 95.4 cm³/mol. The molecular formula is C19H26N2O2S. The molecule has 2 fully saturated rings. The first-order valence-corrected chi connectivity index (χ1v) is 10.2. The van der Waals surface area contributed by atoms with E-state index in [0.29, 0.717) is 32.1 Å². The Bertz CT molecular complexity index is 602. The number of fused-ring (bicyclic) bond motifs is 1. The summed E-state index contributed by atoms with van der Waals surface area (Å²) < 4.78 is 0. The minimum Gasteiger partial charge on any atom is -0.339 e. The van der Waals surface area contributed by atoms with Gasteiger partial charge in [-0.25, -0.2) is 0 Å². The van der Waals surface area contributed by atoms with Gasteiger partial charge in [0.25, 0.3) is 5.91 Å². The summed E-state index contributed by atoms with van der Waals surface area (Å²) >= 11 is 1.71. The number of hydrogen-bond donors (Lipinski definition) is 0. The maximum absolute atomic E-state index is 12.8. The Morgan fingerprint density at radius 2 is 1.58 bits per heavy atom. The van der Waals surface area contributed by atoms with Gasteiger partial charge in [-0.15, -0.1) is 11.3 Å². The molecule has 0 unspecified atom stereocenters. The molecule has 0 N–H and O–H groups in total. The number of rotatable bonds is 2. The average Bonchev–Trinajstić information content (AvgIpc) is 3.37. The van der Waals surface area contributed by atoms with Gasteiger partial charge in [0, 0.05) is 37.0 Å². The zero-order chi connectivity index (χ0) is 16.5. The van der Waals surface area contributed by atoms with Crippen LogP contribution >= 0.6 is 11.3 Å². The third-order valence-electron chi connectivity index (χ3n) is 5.51. The summed E-state index contributed by atoms with van der Waals surface area (Å²) in [6.07, 6.45) is 9.51. The lowest BCUT2D eigenvalue weighted by Gasteiger charge is -2.34. The van der Waals surface area contributed by atoms with Crippen molar-refractivity contribution in [1.82, 2.24) is 9.80 Å². The van der Waals surface area contributed by atoms with Crippen molar-refractivity contribution in [2.45, 2.75) is 51.4 Å². The number of aryl methyl sites for hydroxylation is 2. The van der Waals surface area contributed by atoms with Gasteiger partial charge in [0.2, 0.25) is 5.91 Å². The minimum absolute atomic E-state index is 0.172. The zero-order valence-electron chi connectivity index (χ0n) is 14.3. The van der Waals surface area contributed by atoms with E-state index in [1.54, 1.807) is 11.3 Å². The summed E-state index contributed by atoms with van der Waals surface area (Å²) in [4.78, 5) is 31.2. The topological polar surface area (TPSA) is 40.6 Å². The van der Waals surface area contributed by atoms with Crippen LogP contribution in [0.2, 0.25) is 0 Å². The van der Waals surface area contributed by atoms with Crippen molar-refractivity contribution in [3.63, 3.8) is 0 Å². The van der Waals surface area contributed by atoms with Crippen LogP contribution in [0.1, 0.15) is 58.6 Å². The fourth-order valence-electron chi connectivity index (χ4n) is 3.82. The first kappa shape index (κ1) is 16.1. The molecule has 0 bridgehead atoms. The van der Waals surface area contributed by atoms with Crippen molar-refractivity contribution < 1.29 is 9.59 Å². The Labute approximate surface area is 147 Å². The highest BCUT2D eigenvalue weighted by molar-refractivity contribution is 7.14. The van der Waals surface area contributed by atoms with Gasteiger partial charge in [0.05, 0.1) is 4.88 Å². The molecule has 24 heavy (non-hydrogen) atoms. The van der Waals surface area contributed by atoms with Crippen LogP contribution in [0, 0.1) is 5.92 Å². The molecule has 0 aromatic carbocycles. The normalized spacial score (nSPS) is 21.8. The molecule has 2 aliphatic carbocycles. The summed E-state index contributed by atoms with van der Waals surface area (Å²) in [6.45, 7) is 2.76. The van der Waals surface area contributed by atoms with Crippen molar-refractivity contribution in [2.75, 3.05) is 26.2 Å². The Morgan fingerprint density at radius 3 is 2.29 bits per heavy atom. The van der Waals surface area contributed by atoms with Gasteiger partial charge in [-0.3, -0.25) is 9.59 Å². The van der Waals surface area contributed by atoms with E-state index in [9.17, 15) is 9.59 Å². The number of hydrogen-bond acceptors (Lipinski definition) is 3. The van der Waals surface area contributed by atoms with Crippen molar-refractivity contribution in [3.8, 4) is 0 Å². The summed E-state index contributed by atoms with van der Waals surface area (Å²) in [7, 11) is 0. The van der Waals surface area contributed by atoms with E-state index in [4.69, 9.17) is 0 Å². The van der Waals surface area contributed by atoms with Gasteiger partial charge in [-0.05, 0) is 50.2 Å². The Morgan fingerprint density at radius 1 is 0.917 bits per heavy atom. The highest BCUT2D eigenvalue weighted by Gasteiger charge is 2.35. The number of amides is 2. The highest BCUT2D eigenvalue weighted by Crippen LogP contribution is 2.32.